The zero-order valence-electron chi connectivity index (χ0n) is 14.9. The predicted octanol–water partition coefficient (Wildman–Crippen LogP) is 6.98. The Morgan fingerprint density at radius 3 is 1.71 bits per heavy atom. The van der Waals surface area contributed by atoms with E-state index >= 15 is 0 Å². The maximum Gasteiger partial charge on any atom is -0.0215 e. The first-order chi connectivity index (χ1) is 10.1. The fourth-order valence-corrected chi connectivity index (χ4v) is 6.86. The van der Waals surface area contributed by atoms with Crippen molar-refractivity contribution in [2.75, 3.05) is 0 Å². The molecule has 3 rings (SSSR count). The van der Waals surface area contributed by atoms with Gasteiger partial charge in [0.2, 0.25) is 0 Å². The molecule has 21 heavy (non-hydrogen) atoms. The van der Waals surface area contributed by atoms with Crippen molar-refractivity contribution in [3.63, 3.8) is 0 Å². The van der Waals surface area contributed by atoms with Crippen molar-refractivity contribution >= 4 is 0 Å². The van der Waals surface area contributed by atoms with Crippen LogP contribution in [0.4, 0.5) is 0 Å². The van der Waals surface area contributed by atoms with E-state index in [0.29, 0.717) is 10.8 Å². The molecule has 0 aromatic carbocycles. The molecule has 0 heterocycles. The van der Waals surface area contributed by atoms with Gasteiger partial charge in [0.15, 0.2) is 0 Å². The molecule has 3 atom stereocenters. The van der Waals surface area contributed by atoms with Crippen LogP contribution in [0.3, 0.4) is 0 Å². The summed E-state index contributed by atoms with van der Waals surface area (Å²) in [6, 6.07) is 0. The smallest absolute Gasteiger partial charge is 0.0215 e. The van der Waals surface area contributed by atoms with Crippen molar-refractivity contribution < 1.29 is 0 Å². The van der Waals surface area contributed by atoms with Gasteiger partial charge in [-0.25, -0.2) is 0 Å². The molecule has 0 saturated heterocycles. The quantitative estimate of drug-likeness (QED) is 0.514. The molecule has 3 fully saturated rings. The first-order valence-corrected chi connectivity index (χ1v) is 10.1. The first-order valence-electron chi connectivity index (χ1n) is 10.1. The summed E-state index contributed by atoms with van der Waals surface area (Å²) in [7, 11) is 0. The molecule has 0 amide bonds. The lowest BCUT2D eigenvalue weighted by molar-refractivity contribution is -0.130. The summed E-state index contributed by atoms with van der Waals surface area (Å²) in [5, 5.41) is 0. The largest absolute Gasteiger partial charge is 0.0620 e. The van der Waals surface area contributed by atoms with Gasteiger partial charge in [0, 0.05) is 0 Å². The molecule has 0 spiro atoms. The zero-order valence-corrected chi connectivity index (χ0v) is 14.9. The van der Waals surface area contributed by atoms with Gasteiger partial charge in [-0.15, -0.1) is 0 Å². The van der Waals surface area contributed by atoms with E-state index in [1.807, 2.05) is 0 Å². The number of hydrogen-bond donors (Lipinski definition) is 0. The van der Waals surface area contributed by atoms with Crippen LogP contribution in [0.2, 0.25) is 0 Å². The molecule has 0 aromatic heterocycles. The van der Waals surface area contributed by atoms with Gasteiger partial charge in [0.25, 0.3) is 0 Å². The Kier molecular flexibility index (Phi) is 4.72. The lowest BCUT2D eigenvalue weighted by atomic mass is 9.43. The van der Waals surface area contributed by atoms with E-state index in [0.717, 1.165) is 17.8 Å². The molecule has 0 nitrogen and oxygen atoms in total. The number of hydrogen-bond acceptors (Lipinski definition) is 0. The van der Waals surface area contributed by atoms with Crippen molar-refractivity contribution in [1.29, 1.82) is 0 Å². The fourth-order valence-electron chi connectivity index (χ4n) is 6.86. The first kappa shape index (κ1) is 15.9. The van der Waals surface area contributed by atoms with Gasteiger partial charge < -0.3 is 0 Å². The SMILES string of the molecule is CC1CCCC(C)(C2CCCCC2)C1(C)C1CCCCC1. The molecule has 3 aliphatic rings. The van der Waals surface area contributed by atoms with Crippen LogP contribution < -0.4 is 0 Å². The van der Waals surface area contributed by atoms with Crippen LogP contribution in [0.5, 0.6) is 0 Å². The molecule has 3 saturated carbocycles. The highest BCUT2D eigenvalue weighted by Crippen LogP contribution is 2.64. The third-order valence-corrected chi connectivity index (χ3v) is 8.55. The summed E-state index contributed by atoms with van der Waals surface area (Å²) < 4.78 is 0. The Bertz CT molecular complexity index is 334. The monoisotopic (exact) mass is 290 g/mol. The van der Waals surface area contributed by atoms with Gasteiger partial charge in [0.05, 0.1) is 0 Å². The zero-order chi connectivity index (χ0) is 14.9. The highest BCUT2D eigenvalue weighted by molar-refractivity contribution is 5.05. The summed E-state index contributed by atoms with van der Waals surface area (Å²) in [5.74, 6) is 3.00. The lowest BCUT2D eigenvalue weighted by Crippen LogP contribution is -2.54. The molecular weight excluding hydrogens is 252 g/mol. The minimum absolute atomic E-state index is 0.619. The van der Waals surface area contributed by atoms with Crippen molar-refractivity contribution in [3.8, 4) is 0 Å². The standard InChI is InChI=1S/C21H38/c1-17-11-10-16-20(2,18-12-6-4-7-13-18)21(17,3)19-14-8-5-9-15-19/h17-19H,4-16H2,1-3H3. The molecule has 122 valence electrons. The molecular formula is C21H38. The molecule has 3 aliphatic carbocycles. The Morgan fingerprint density at radius 2 is 1.14 bits per heavy atom. The maximum atomic E-state index is 2.74. The normalized spacial score (nSPS) is 43.9. The van der Waals surface area contributed by atoms with Gasteiger partial charge in [-0.1, -0.05) is 72.1 Å². The van der Waals surface area contributed by atoms with Crippen molar-refractivity contribution in [1.82, 2.24) is 0 Å². The summed E-state index contributed by atoms with van der Waals surface area (Å²) in [6.07, 6.45) is 19.7. The van der Waals surface area contributed by atoms with E-state index in [1.54, 1.807) is 0 Å². The Hall–Kier alpha value is 0. The van der Waals surface area contributed by atoms with Crippen molar-refractivity contribution in [2.45, 2.75) is 104 Å². The molecule has 3 unspecified atom stereocenters. The van der Waals surface area contributed by atoms with E-state index in [1.165, 1.54) is 83.5 Å². The topological polar surface area (TPSA) is 0 Å². The second-order valence-corrected chi connectivity index (χ2v) is 9.16. The second kappa shape index (κ2) is 6.25. The maximum absolute atomic E-state index is 2.74. The van der Waals surface area contributed by atoms with Crippen LogP contribution in [0.1, 0.15) is 104 Å². The minimum atomic E-state index is 0.619. The van der Waals surface area contributed by atoms with E-state index in [-0.39, 0.29) is 0 Å². The van der Waals surface area contributed by atoms with Gasteiger partial charge in [-0.3, -0.25) is 0 Å². The van der Waals surface area contributed by atoms with Gasteiger partial charge in [-0.05, 0) is 60.7 Å². The van der Waals surface area contributed by atoms with Crippen LogP contribution in [0.15, 0.2) is 0 Å². The lowest BCUT2D eigenvalue weighted by Gasteiger charge is -2.62. The van der Waals surface area contributed by atoms with Gasteiger partial charge >= 0.3 is 0 Å². The van der Waals surface area contributed by atoms with Crippen molar-refractivity contribution in [3.05, 3.63) is 0 Å². The Balaban J connectivity index is 1.90. The van der Waals surface area contributed by atoms with Crippen LogP contribution >= 0.6 is 0 Å². The average molecular weight is 291 g/mol. The highest BCUT2D eigenvalue weighted by atomic mass is 14.6. The van der Waals surface area contributed by atoms with Crippen molar-refractivity contribution in [2.24, 2.45) is 28.6 Å². The molecule has 0 aliphatic heterocycles. The fraction of sp³-hybridized carbons (Fsp3) is 1.00. The van der Waals surface area contributed by atoms with Crippen LogP contribution in [-0.2, 0) is 0 Å². The Labute approximate surface area is 133 Å². The molecule has 0 N–H and O–H groups in total. The van der Waals surface area contributed by atoms with E-state index < -0.39 is 0 Å². The van der Waals surface area contributed by atoms with Gasteiger partial charge in [-0.2, -0.15) is 0 Å². The summed E-state index contributed by atoms with van der Waals surface area (Å²) in [4.78, 5) is 0. The van der Waals surface area contributed by atoms with E-state index in [2.05, 4.69) is 20.8 Å². The Morgan fingerprint density at radius 1 is 0.619 bits per heavy atom. The summed E-state index contributed by atoms with van der Waals surface area (Å²) in [5.41, 5.74) is 1.25. The second-order valence-electron chi connectivity index (χ2n) is 9.16. The highest BCUT2D eigenvalue weighted by Gasteiger charge is 2.56. The molecule has 0 aromatic rings. The third kappa shape index (κ3) is 2.59. The van der Waals surface area contributed by atoms with E-state index in [4.69, 9.17) is 0 Å². The molecule has 0 radical (unpaired) electrons. The van der Waals surface area contributed by atoms with E-state index in [9.17, 15) is 0 Å². The minimum Gasteiger partial charge on any atom is -0.0620 e. The average Bonchev–Trinajstić information content (AvgIpc) is 2.54. The summed E-state index contributed by atoms with van der Waals surface area (Å²) >= 11 is 0. The number of rotatable bonds is 2. The van der Waals surface area contributed by atoms with Gasteiger partial charge in [0.1, 0.15) is 0 Å². The van der Waals surface area contributed by atoms with Crippen LogP contribution in [-0.4, -0.2) is 0 Å². The van der Waals surface area contributed by atoms with Crippen LogP contribution in [0.25, 0.3) is 0 Å². The third-order valence-electron chi connectivity index (χ3n) is 8.55. The molecule has 0 bridgehead atoms. The summed E-state index contributed by atoms with van der Waals surface area (Å²) in [6.45, 7) is 8.07. The molecule has 0 heteroatoms. The predicted molar refractivity (Wildman–Crippen MR) is 92.4 cm³/mol. The van der Waals surface area contributed by atoms with Crippen LogP contribution in [0, 0.1) is 28.6 Å².